The van der Waals surface area contributed by atoms with Crippen molar-refractivity contribution in [1.29, 1.82) is 0 Å². The number of anilines is 1. The number of aromatic nitrogens is 2. The summed E-state index contributed by atoms with van der Waals surface area (Å²) in [6.45, 7) is 3.52. The van der Waals surface area contributed by atoms with Gasteiger partial charge in [0.1, 0.15) is 0 Å². The fourth-order valence-corrected chi connectivity index (χ4v) is 2.68. The molecule has 0 aromatic carbocycles. The third kappa shape index (κ3) is 4.44. The number of rotatable bonds is 5. The minimum Gasteiger partial charge on any atom is -0.469 e. The number of carbonyl (C=O) groups excluding carboxylic acids is 2. The van der Waals surface area contributed by atoms with Crippen molar-refractivity contribution >= 4 is 17.8 Å². The molecule has 0 radical (unpaired) electrons. The fourth-order valence-electron chi connectivity index (χ4n) is 2.68. The van der Waals surface area contributed by atoms with E-state index in [4.69, 9.17) is 9.47 Å². The van der Waals surface area contributed by atoms with Crippen molar-refractivity contribution in [3.05, 3.63) is 12.3 Å². The SMILES string of the molecule is COC[C@@H](C)n1ccc(NC(=O)N2CCC[C@H](C(=O)OC)C2)n1. The molecule has 1 aromatic rings. The van der Waals surface area contributed by atoms with Crippen LogP contribution in [0.3, 0.4) is 0 Å². The maximum Gasteiger partial charge on any atom is 0.323 e. The van der Waals surface area contributed by atoms with Gasteiger partial charge in [-0.25, -0.2) is 4.79 Å². The zero-order valence-corrected chi connectivity index (χ0v) is 13.8. The summed E-state index contributed by atoms with van der Waals surface area (Å²) in [6.07, 6.45) is 3.33. The molecule has 0 spiro atoms. The molecule has 8 heteroatoms. The number of ether oxygens (including phenoxy) is 2. The van der Waals surface area contributed by atoms with E-state index in [2.05, 4.69) is 10.4 Å². The lowest BCUT2D eigenvalue weighted by Gasteiger charge is -2.31. The normalized spacial score (nSPS) is 19.3. The highest BCUT2D eigenvalue weighted by atomic mass is 16.5. The van der Waals surface area contributed by atoms with Crippen LogP contribution in [0.2, 0.25) is 0 Å². The number of urea groups is 1. The first kappa shape index (κ1) is 17.3. The van der Waals surface area contributed by atoms with Gasteiger partial charge in [-0.3, -0.25) is 14.8 Å². The van der Waals surface area contributed by atoms with Crippen LogP contribution in [0.4, 0.5) is 10.6 Å². The fraction of sp³-hybridized carbons (Fsp3) is 0.667. The Labute approximate surface area is 135 Å². The minimum absolute atomic E-state index is 0.0874. The molecular formula is C15H24N4O4. The lowest BCUT2D eigenvalue weighted by molar-refractivity contribution is -0.146. The molecule has 0 bridgehead atoms. The number of nitrogens with zero attached hydrogens (tertiary/aromatic N) is 3. The van der Waals surface area contributed by atoms with Gasteiger partial charge in [0.05, 0.1) is 25.7 Å². The second-order valence-electron chi connectivity index (χ2n) is 5.72. The molecule has 0 aliphatic carbocycles. The van der Waals surface area contributed by atoms with Crippen molar-refractivity contribution in [2.75, 3.05) is 39.2 Å². The predicted octanol–water partition coefficient (Wildman–Crippen LogP) is 1.51. The first-order chi connectivity index (χ1) is 11.0. The summed E-state index contributed by atoms with van der Waals surface area (Å²) in [5, 5.41) is 7.09. The Hall–Kier alpha value is -2.09. The highest BCUT2D eigenvalue weighted by Gasteiger charge is 2.29. The molecule has 1 aromatic heterocycles. The molecule has 8 nitrogen and oxygen atoms in total. The lowest BCUT2D eigenvalue weighted by atomic mass is 9.98. The van der Waals surface area contributed by atoms with E-state index in [0.717, 1.165) is 12.8 Å². The molecule has 2 heterocycles. The minimum atomic E-state index is -0.264. The van der Waals surface area contributed by atoms with Crippen molar-refractivity contribution in [2.24, 2.45) is 5.92 Å². The molecule has 1 saturated heterocycles. The largest absolute Gasteiger partial charge is 0.469 e. The summed E-state index contributed by atoms with van der Waals surface area (Å²) in [4.78, 5) is 25.6. The van der Waals surface area contributed by atoms with Crippen LogP contribution >= 0.6 is 0 Å². The Morgan fingerprint density at radius 1 is 1.48 bits per heavy atom. The van der Waals surface area contributed by atoms with Gasteiger partial charge in [0.15, 0.2) is 5.82 Å². The number of likely N-dealkylation sites (tertiary alicyclic amines) is 1. The van der Waals surface area contributed by atoms with Crippen molar-refractivity contribution in [2.45, 2.75) is 25.8 Å². The van der Waals surface area contributed by atoms with Gasteiger partial charge in [0.25, 0.3) is 0 Å². The number of hydrogen-bond donors (Lipinski definition) is 1. The molecule has 0 saturated carbocycles. The highest BCUT2D eigenvalue weighted by Crippen LogP contribution is 2.19. The molecule has 1 fully saturated rings. The topological polar surface area (TPSA) is 85.7 Å². The van der Waals surface area contributed by atoms with Gasteiger partial charge in [-0.05, 0) is 19.8 Å². The number of esters is 1. The number of amides is 2. The van der Waals surface area contributed by atoms with E-state index >= 15 is 0 Å². The lowest BCUT2D eigenvalue weighted by Crippen LogP contribution is -2.44. The number of nitrogens with one attached hydrogen (secondary N) is 1. The summed E-state index contributed by atoms with van der Waals surface area (Å²) in [5.41, 5.74) is 0. The van der Waals surface area contributed by atoms with E-state index in [1.165, 1.54) is 7.11 Å². The Balaban J connectivity index is 1.92. The van der Waals surface area contributed by atoms with Gasteiger partial charge in [0.2, 0.25) is 0 Å². The van der Waals surface area contributed by atoms with Crippen LogP contribution in [0.25, 0.3) is 0 Å². The third-order valence-corrected chi connectivity index (χ3v) is 3.95. The molecule has 1 N–H and O–H groups in total. The molecule has 1 aliphatic rings. The highest BCUT2D eigenvalue weighted by molar-refractivity contribution is 5.88. The van der Waals surface area contributed by atoms with E-state index < -0.39 is 0 Å². The van der Waals surface area contributed by atoms with Crippen molar-refractivity contribution in [3.63, 3.8) is 0 Å². The molecule has 2 amide bonds. The smallest absolute Gasteiger partial charge is 0.323 e. The Morgan fingerprint density at radius 3 is 2.96 bits per heavy atom. The van der Waals surface area contributed by atoms with Gasteiger partial charge < -0.3 is 14.4 Å². The molecule has 0 unspecified atom stereocenters. The molecule has 1 aliphatic heterocycles. The van der Waals surface area contributed by atoms with Crippen LogP contribution in [0.15, 0.2) is 12.3 Å². The van der Waals surface area contributed by atoms with Crippen LogP contribution in [-0.2, 0) is 14.3 Å². The van der Waals surface area contributed by atoms with Crippen LogP contribution in [0, 0.1) is 5.92 Å². The standard InChI is InChI=1S/C15H24N4O4/c1-11(10-22-2)19-8-6-13(17-19)16-15(21)18-7-4-5-12(9-18)14(20)23-3/h6,8,11-12H,4-5,7,9-10H2,1-3H3,(H,16,17,21)/t11-,12+/m1/s1. The maximum absolute atomic E-state index is 12.3. The first-order valence-electron chi connectivity index (χ1n) is 7.73. The number of methoxy groups -OCH3 is 2. The average Bonchev–Trinajstić information content (AvgIpc) is 3.03. The third-order valence-electron chi connectivity index (χ3n) is 3.95. The zero-order chi connectivity index (χ0) is 16.8. The Kier molecular flexibility index (Phi) is 5.97. The van der Waals surface area contributed by atoms with Crippen molar-refractivity contribution in [3.8, 4) is 0 Å². The van der Waals surface area contributed by atoms with Gasteiger partial charge >= 0.3 is 12.0 Å². The maximum atomic E-state index is 12.3. The average molecular weight is 324 g/mol. The van der Waals surface area contributed by atoms with E-state index in [-0.39, 0.29) is 24.0 Å². The predicted molar refractivity (Wildman–Crippen MR) is 84.1 cm³/mol. The molecule has 2 atom stereocenters. The first-order valence-corrected chi connectivity index (χ1v) is 7.73. The molecular weight excluding hydrogens is 300 g/mol. The van der Waals surface area contributed by atoms with Crippen molar-refractivity contribution < 1.29 is 19.1 Å². The monoisotopic (exact) mass is 324 g/mol. The summed E-state index contributed by atoms with van der Waals surface area (Å²) >= 11 is 0. The van der Waals surface area contributed by atoms with E-state index in [1.54, 1.807) is 29.0 Å². The summed E-state index contributed by atoms with van der Waals surface area (Å²) in [7, 11) is 3.01. The van der Waals surface area contributed by atoms with Crippen molar-refractivity contribution in [1.82, 2.24) is 14.7 Å². The summed E-state index contributed by atoms with van der Waals surface area (Å²) in [5.74, 6) is -0.0305. The van der Waals surface area contributed by atoms with Crippen LogP contribution < -0.4 is 5.32 Å². The van der Waals surface area contributed by atoms with E-state index in [0.29, 0.717) is 25.5 Å². The molecule has 128 valence electrons. The number of carbonyl (C=O) groups is 2. The summed E-state index contributed by atoms with van der Waals surface area (Å²) in [6, 6.07) is 1.58. The second-order valence-corrected chi connectivity index (χ2v) is 5.72. The zero-order valence-electron chi connectivity index (χ0n) is 13.8. The number of hydrogen-bond acceptors (Lipinski definition) is 5. The Bertz CT molecular complexity index is 545. The van der Waals surface area contributed by atoms with Gasteiger partial charge in [-0.1, -0.05) is 0 Å². The quantitative estimate of drug-likeness (QED) is 0.830. The van der Waals surface area contributed by atoms with Crippen LogP contribution in [0.1, 0.15) is 25.8 Å². The van der Waals surface area contributed by atoms with Gasteiger partial charge in [0, 0.05) is 32.5 Å². The number of piperidine rings is 1. The van der Waals surface area contributed by atoms with Crippen LogP contribution in [0.5, 0.6) is 0 Å². The Morgan fingerprint density at radius 2 is 2.26 bits per heavy atom. The van der Waals surface area contributed by atoms with Crippen LogP contribution in [-0.4, -0.2) is 60.6 Å². The van der Waals surface area contributed by atoms with E-state index in [1.807, 2.05) is 6.92 Å². The molecule has 2 rings (SSSR count). The molecule has 23 heavy (non-hydrogen) atoms. The van der Waals surface area contributed by atoms with Gasteiger partial charge in [-0.15, -0.1) is 0 Å². The second kappa shape index (κ2) is 7.96. The van der Waals surface area contributed by atoms with E-state index in [9.17, 15) is 9.59 Å². The summed E-state index contributed by atoms with van der Waals surface area (Å²) < 4.78 is 11.6. The van der Waals surface area contributed by atoms with Gasteiger partial charge in [-0.2, -0.15) is 5.10 Å².